The predicted molar refractivity (Wildman–Crippen MR) is 94.3 cm³/mol. The van der Waals surface area contributed by atoms with Gasteiger partial charge in [0.05, 0.1) is 10.6 Å². The second kappa shape index (κ2) is 8.17. The topological polar surface area (TPSA) is 101 Å². The van der Waals surface area contributed by atoms with Crippen molar-refractivity contribution in [3.8, 4) is 0 Å². The molecule has 1 atom stereocenters. The van der Waals surface area contributed by atoms with Gasteiger partial charge in [-0.15, -0.1) is 0 Å². The average molecular weight is 379 g/mol. The number of carbonyl (C=O) groups excluding carboxylic acids is 1. The van der Waals surface area contributed by atoms with E-state index in [1.54, 1.807) is 12.1 Å². The molecular weight excluding hydrogens is 362 g/mol. The molecule has 0 aromatic heterocycles. The van der Waals surface area contributed by atoms with E-state index in [1.165, 1.54) is 23.9 Å². The number of hydrogen-bond donors (Lipinski definition) is 2. The summed E-state index contributed by atoms with van der Waals surface area (Å²) in [6.45, 7) is 1.14. The molecule has 0 saturated heterocycles. The number of carboxylic acids is 1. The maximum Gasteiger partial charge on any atom is 0.327 e. The van der Waals surface area contributed by atoms with Gasteiger partial charge in [-0.3, -0.25) is 4.79 Å². The van der Waals surface area contributed by atoms with Crippen molar-refractivity contribution in [2.45, 2.75) is 27.7 Å². The number of sulfone groups is 1. The monoisotopic (exact) mass is 379 g/mol. The fourth-order valence-corrected chi connectivity index (χ4v) is 4.32. The van der Waals surface area contributed by atoms with Crippen LogP contribution in [0.3, 0.4) is 0 Å². The molecule has 0 aliphatic rings. The molecule has 0 aliphatic heterocycles. The molecule has 2 aromatic rings. The fourth-order valence-electron chi connectivity index (χ4n) is 2.08. The molecule has 0 heterocycles. The summed E-state index contributed by atoms with van der Waals surface area (Å²) in [6.07, 6.45) is 0. The number of carboxylic acid groups (broad SMARTS) is 1. The molecule has 0 bridgehead atoms. The van der Waals surface area contributed by atoms with Crippen molar-refractivity contribution in [2.24, 2.45) is 0 Å². The van der Waals surface area contributed by atoms with Gasteiger partial charge in [0.25, 0.3) is 0 Å². The van der Waals surface area contributed by atoms with Crippen molar-refractivity contribution >= 4 is 33.5 Å². The molecule has 2 aromatic carbocycles. The Morgan fingerprint density at radius 3 is 2.12 bits per heavy atom. The molecule has 2 rings (SSSR count). The van der Waals surface area contributed by atoms with Crippen LogP contribution in [0.4, 0.5) is 0 Å². The van der Waals surface area contributed by atoms with Crippen LogP contribution in [-0.2, 0) is 19.4 Å². The van der Waals surface area contributed by atoms with Crippen molar-refractivity contribution in [3.63, 3.8) is 0 Å². The molecule has 1 amide bonds. The highest BCUT2D eigenvalue weighted by molar-refractivity contribution is 7.99. The zero-order valence-electron chi connectivity index (χ0n) is 13.4. The standard InChI is InChI=1S/C17H17NO5S2/c1-12(19)18-16(17(20)21)11-25(22,23)15-9-7-14(8-10-15)24-13-5-3-2-4-6-13/h2-10,16H,11H2,1H3,(H,18,19)(H,20,21). The summed E-state index contributed by atoms with van der Waals surface area (Å²) in [5.41, 5.74) is 0. The van der Waals surface area contributed by atoms with Gasteiger partial charge in [-0.05, 0) is 36.4 Å². The lowest BCUT2D eigenvalue weighted by Gasteiger charge is -2.13. The van der Waals surface area contributed by atoms with Crippen LogP contribution < -0.4 is 5.32 Å². The molecular formula is C17H17NO5S2. The van der Waals surface area contributed by atoms with E-state index >= 15 is 0 Å². The van der Waals surface area contributed by atoms with Crippen molar-refractivity contribution in [3.05, 3.63) is 54.6 Å². The molecule has 8 heteroatoms. The van der Waals surface area contributed by atoms with Crippen molar-refractivity contribution in [2.75, 3.05) is 5.75 Å². The highest BCUT2D eigenvalue weighted by Gasteiger charge is 2.27. The summed E-state index contributed by atoms with van der Waals surface area (Å²) >= 11 is 1.49. The minimum atomic E-state index is -3.84. The van der Waals surface area contributed by atoms with Gasteiger partial charge in [-0.25, -0.2) is 13.2 Å². The zero-order chi connectivity index (χ0) is 18.4. The number of benzene rings is 2. The van der Waals surface area contributed by atoms with Gasteiger partial charge in [-0.2, -0.15) is 0 Å². The molecule has 25 heavy (non-hydrogen) atoms. The second-order valence-corrected chi connectivity index (χ2v) is 8.44. The normalized spacial score (nSPS) is 12.4. The van der Waals surface area contributed by atoms with Crippen molar-refractivity contribution < 1.29 is 23.1 Å². The molecule has 2 N–H and O–H groups in total. The molecule has 0 spiro atoms. The van der Waals surface area contributed by atoms with Gasteiger partial charge in [0, 0.05) is 16.7 Å². The number of rotatable bonds is 7. The van der Waals surface area contributed by atoms with Gasteiger partial charge in [0.15, 0.2) is 9.84 Å². The number of nitrogens with one attached hydrogen (secondary N) is 1. The molecule has 0 radical (unpaired) electrons. The minimum absolute atomic E-state index is 0.0153. The maximum absolute atomic E-state index is 12.4. The van der Waals surface area contributed by atoms with E-state index in [9.17, 15) is 18.0 Å². The van der Waals surface area contributed by atoms with E-state index in [0.29, 0.717) is 0 Å². The fraction of sp³-hybridized carbons (Fsp3) is 0.176. The first-order chi connectivity index (χ1) is 11.8. The summed E-state index contributed by atoms with van der Waals surface area (Å²) < 4.78 is 24.8. The molecule has 0 aliphatic carbocycles. The van der Waals surface area contributed by atoms with Crippen LogP contribution in [0.2, 0.25) is 0 Å². The summed E-state index contributed by atoms with van der Waals surface area (Å²) in [6, 6.07) is 14.3. The molecule has 0 fully saturated rings. The molecule has 132 valence electrons. The van der Waals surface area contributed by atoms with Gasteiger partial charge in [0.2, 0.25) is 5.91 Å². The van der Waals surface area contributed by atoms with Crippen LogP contribution in [0.5, 0.6) is 0 Å². The molecule has 6 nitrogen and oxygen atoms in total. The van der Waals surface area contributed by atoms with Crippen LogP contribution in [-0.4, -0.2) is 37.2 Å². The first kappa shape index (κ1) is 19.0. The second-order valence-electron chi connectivity index (χ2n) is 5.26. The number of aliphatic carboxylic acids is 1. The Hall–Kier alpha value is -2.32. The Morgan fingerprint density at radius 1 is 1.04 bits per heavy atom. The Kier molecular flexibility index (Phi) is 6.22. The van der Waals surface area contributed by atoms with E-state index in [-0.39, 0.29) is 4.90 Å². The number of carbonyl (C=O) groups is 2. The Morgan fingerprint density at radius 2 is 1.60 bits per heavy atom. The summed E-state index contributed by atoms with van der Waals surface area (Å²) in [7, 11) is -3.84. The highest BCUT2D eigenvalue weighted by Crippen LogP contribution is 2.28. The van der Waals surface area contributed by atoms with Gasteiger partial charge in [0.1, 0.15) is 6.04 Å². The first-order valence-corrected chi connectivity index (χ1v) is 9.80. The van der Waals surface area contributed by atoms with Crippen molar-refractivity contribution in [1.82, 2.24) is 5.32 Å². The Balaban J connectivity index is 2.14. The van der Waals surface area contributed by atoms with E-state index in [1.807, 2.05) is 30.3 Å². The molecule has 0 saturated carbocycles. The average Bonchev–Trinajstić information content (AvgIpc) is 2.55. The van der Waals surface area contributed by atoms with E-state index in [4.69, 9.17) is 5.11 Å². The largest absolute Gasteiger partial charge is 0.480 e. The van der Waals surface area contributed by atoms with Crippen molar-refractivity contribution in [1.29, 1.82) is 0 Å². The summed E-state index contributed by atoms with van der Waals surface area (Å²) in [5.74, 6) is -2.69. The lowest BCUT2D eigenvalue weighted by atomic mass is 10.3. The number of hydrogen-bond acceptors (Lipinski definition) is 5. The van der Waals surface area contributed by atoms with E-state index in [2.05, 4.69) is 5.32 Å². The zero-order valence-corrected chi connectivity index (χ0v) is 15.0. The Labute approximate surface area is 150 Å². The minimum Gasteiger partial charge on any atom is -0.480 e. The number of amides is 1. The lowest BCUT2D eigenvalue weighted by Crippen LogP contribution is -2.44. The van der Waals surface area contributed by atoms with Crippen LogP contribution in [0.1, 0.15) is 6.92 Å². The van der Waals surface area contributed by atoms with Gasteiger partial charge >= 0.3 is 5.97 Å². The Bertz CT molecular complexity index is 848. The SMILES string of the molecule is CC(=O)NC(CS(=O)(=O)c1ccc(Sc2ccccc2)cc1)C(=O)O. The van der Waals surface area contributed by atoms with Crippen LogP contribution >= 0.6 is 11.8 Å². The van der Waals surface area contributed by atoms with Crippen LogP contribution in [0.15, 0.2) is 69.3 Å². The third-order valence-corrected chi connectivity index (χ3v) is 6.00. The third-order valence-electron chi connectivity index (χ3n) is 3.22. The first-order valence-electron chi connectivity index (χ1n) is 7.33. The lowest BCUT2D eigenvalue weighted by molar-refractivity contribution is -0.140. The quantitative estimate of drug-likeness (QED) is 0.765. The van der Waals surface area contributed by atoms with Gasteiger partial charge in [-0.1, -0.05) is 30.0 Å². The maximum atomic E-state index is 12.4. The van der Waals surface area contributed by atoms with E-state index < -0.39 is 33.5 Å². The van der Waals surface area contributed by atoms with E-state index in [0.717, 1.165) is 16.7 Å². The smallest absolute Gasteiger partial charge is 0.327 e. The molecule has 1 unspecified atom stereocenters. The van der Waals surface area contributed by atoms with Crippen LogP contribution in [0, 0.1) is 0 Å². The summed E-state index contributed by atoms with van der Waals surface area (Å²) in [4.78, 5) is 24.0. The predicted octanol–water partition coefficient (Wildman–Crippen LogP) is 2.20. The van der Waals surface area contributed by atoms with Gasteiger partial charge < -0.3 is 10.4 Å². The third kappa shape index (κ3) is 5.61. The summed E-state index contributed by atoms with van der Waals surface area (Å²) in [5, 5.41) is 11.2. The highest BCUT2D eigenvalue weighted by atomic mass is 32.2. The van der Waals surface area contributed by atoms with Crippen LogP contribution in [0.25, 0.3) is 0 Å².